The Morgan fingerprint density at radius 1 is 1.40 bits per heavy atom. The lowest BCUT2D eigenvalue weighted by Crippen LogP contribution is -2.25. The molecule has 0 fully saturated rings. The summed E-state index contributed by atoms with van der Waals surface area (Å²) in [5, 5.41) is 0.737. The van der Waals surface area contributed by atoms with E-state index >= 15 is 0 Å². The highest BCUT2D eigenvalue weighted by atomic mass is 35.5. The van der Waals surface area contributed by atoms with Crippen molar-refractivity contribution in [3.63, 3.8) is 0 Å². The maximum atomic E-state index is 13.0. The Morgan fingerprint density at radius 2 is 2.15 bits per heavy atom. The van der Waals surface area contributed by atoms with Gasteiger partial charge >= 0.3 is 6.18 Å². The summed E-state index contributed by atoms with van der Waals surface area (Å²) >= 11 is 5.94. The lowest BCUT2D eigenvalue weighted by Gasteiger charge is -2.19. The molecule has 2 aromatic rings. The summed E-state index contributed by atoms with van der Waals surface area (Å²) < 4.78 is 43.2. The van der Waals surface area contributed by atoms with Crippen LogP contribution in [0.25, 0.3) is 10.9 Å². The molecule has 106 valence electrons. The van der Waals surface area contributed by atoms with Crippen molar-refractivity contribution in [3.8, 4) is 0 Å². The van der Waals surface area contributed by atoms with Gasteiger partial charge < -0.3 is 4.74 Å². The molecule has 1 aromatic heterocycles. The average molecular weight is 304 g/mol. The van der Waals surface area contributed by atoms with Crippen molar-refractivity contribution in [1.29, 1.82) is 0 Å². The van der Waals surface area contributed by atoms with E-state index in [9.17, 15) is 18.0 Å². The molecule has 0 radical (unpaired) electrons. The summed E-state index contributed by atoms with van der Waals surface area (Å²) in [7, 11) is 0. The topological polar surface area (TPSA) is 39.2 Å². The van der Waals surface area contributed by atoms with Gasteiger partial charge in [0.15, 0.2) is 0 Å². The number of benzene rings is 1. The van der Waals surface area contributed by atoms with Crippen LogP contribution < -0.4 is 0 Å². The molecule has 0 saturated carbocycles. The number of pyridine rings is 1. The molecule has 0 bridgehead atoms. The molecule has 0 saturated heterocycles. The number of carbonyl (C=O) groups is 1. The van der Waals surface area contributed by atoms with Crippen LogP contribution in [0.3, 0.4) is 0 Å². The van der Waals surface area contributed by atoms with Gasteiger partial charge in [0.2, 0.25) is 0 Å². The molecular weight excluding hydrogens is 295 g/mol. The van der Waals surface area contributed by atoms with Crippen LogP contribution in [0.1, 0.15) is 11.5 Å². The highest BCUT2D eigenvalue weighted by Crippen LogP contribution is 2.36. The number of fused-ring (bicyclic) bond motifs is 1. The van der Waals surface area contributed by atoms with E-state index in [1.807, 2.05) is 0 Å². The highest BCUT2D eigenvalue weighted by molar-refractivity contribution is 6.35. The van der Waals surface area contributed by atoms with Gasteiger partial charge in [-0.2, -0.15) is 13.2 Å². The first-order chi connectivity index (χ1) is 9.43. The van der Waals surface area contributed by atoms with Crippen LogP contribution >= 0.6 is 11.6 Å². The number of hydrogen-bond acceptors (Lipinski definition) is 3. The number of alkyl halides is 3. The molecule has 7 heteroatoms. The van der Waals surface area contributed by atoms with Gasteiger partial charge in [-0.25, -0.2) is 0 Å². The van der Waals surface area contributed by atoms with E-state index in [-0.39, 0.29) is 12.0 Å². The number of rotatable bonds is 4. The number of carbonyl (C=O) groups excluding carboxylic acids is 1. The summed E-state index contributed by atoms with van der Waals surface area (Å²) in [6, 6.07) is 6.19. The van der Waals surface area contributed by atoms with Crippen LogP contribution in [0.15, 0.2) is 30.5 Å². The SMILES string of the molecule is O=COCC(c1cnc2cccc(Cl)c2c1)C(F)(F)F. The van der Waals surface area contributed by atoms with E-state index in [0.717, 1.165) is 6.20 Å². The van der Waals surface area contributed by atoms with Crippen LogP contribution in [0.5, 0.6) is 0 Å². The van der Waals surface area contributed by atoms with Gasteiger partial charge in [0.05, 0.1) is 5.52 Å². The maximum Gasteiger partial charge on any atom is 0.399 e. The lowest BCUT2D eigenvalue weighted by atomic mass is 9.99. The summed E-state index contributed by atoms with van der Waals surface area (Å²) in [6.45, 7) is -0.801. The second kappa shape index (κ2) is 5.66. The Morgan fingerprint density at radius 3 is 2.80 bits per heavy atom. The summed E-state index contributed by atoms with van der Waals surface area (Å²) in [5.74, 6) is -1.93. The molecule has 0 N–H and O–H groups in total. The Hall–Kier alpha value is -1.82. The van der Waals surface area contributed by atoms with Crippen molar-refractivity contribution in [2.75, 3.05) is 6.61 Å². The number of halogens is 4. The van der Waals surface area contributed by atoms with E-state index in [2.05, 4.69) is 9.72 Å². The van der Waals surface area contributed by atoms with E-state index in [1.165, 1.54) is 6.07 Å². The third kappa shape index (κ3) is 3.01. The average Bonchev–Trinajstić information content (AvgIpc) is 2.38. The minimum Gasteiger partial charge on any atom is -0.467 e. The van der Waals surface area contributed by atoms with Crippen LogP contribution in [-0.4, -0.2) is 24.2 Å². The van der Waals surface area contributed by atoms with E-state index in [4.69, 9.17) is 11.6 Å². The van der Waals surface area contributed by atoms with Gasteiger partial charge in [-0.3, -0.25) is 9.78 Å². The van der Waals surface area contributed by atoms with Gasteiger partial charge in [-0.15, -0.1) is 0 Å². The maximum absolute atomic E-state index is 13.0. The monoisotopic (exact) mass is 303 g/mol. The highest BCUT2D eigenvalue weighted by Gasteiger charge is 2.41. The van der Waals surface area contributed by atoms with Crippen LogP contribution in [0, 0.1) is 0 Å². The Bertz CT molecular complexity index is 631. The third-order valence-electron chi connectivity index (χ3n) is 2.82. The zero-order valence-corrected chi connectivity index (χ0v) is 10.8. The molecule has 0 aliphatic carbocycles. The normalized spacial score (nSPS) is 13.2. The molecular formula is C13H9ClF3NO2. The van der Waals surface area contributed by atoms with Crippen molar-refractivity contribution in [3.05, 3.63) is 41.0 Å². The van der Waals surface area contributed by atoms with Gasteiger partial charge in [0, 0.05) is 16.6 Å². The minimum absolute atomic E-state index is 0.0137. The molecule has 3 nitrogen and oxygen atoms in total. The van der Waals surface area contributed by atoms with Crippen molar-refractivity contribution in [1.82, 2.24) is 4.98 Å². The largest absolute Gasteiger partial charge is 0.467 e. The predicted molar refractivity (Wildman–Crippen MR) is 67.6 cm³/mol. The zero-order chi connectivity index (χ0) is 14.8. The first-order valence-corrected chi connectivity index (χ1v) is 5.97. The molecule has 2 rings (SSSR count). The Kier molecular flexibility index (Phi) is 4.13. The summed E-state index contributed by atoms with van der Waals surface area (Å²) in [5.41, 5.74) is 0.401. The second-order valence-electron chi connectivity index (χ2n) is 4.10. The summed E-state index contributed by atoms with van der Waals surface area (Å²) in [6.07, 6.45) is -3.43. The van der Waals surface area contributed by atoms with Crippen LogP contribution in [0.4, 0.5) is 13.2 Å². The van der Waals surface area contributed by atoms with Crippen LogP contribution in [0.2, 0.25) is 5.02 Å². The number of nitrogens with zero attached hydrogens (tertiary/aromatic N) is 1. The second-order valence-corrected chi connectivity index (χ2v) is 4.51. The Labute approximate surface area is 117 Å². The molecule has 0 aliphatic heterocycles. The molecule has 1 unspecified atom stereocenters. The molecule has 1 aromatic carbocycles. The number of aromatic nitrogens is 1. The number of ether oxygens (including phenoxy) is 1. The van der Waals surface area contributed by atoms with Crippen molar-refractivity contribution >= 4 is 29.0 Å². The van der Waals surface area contributed by atoms with Gasteiger partial charge in [-0.1, -0.05) is 17.7 Å². The fourth-order valence-corrected chi connectivity index (χ4v) is 2.06. The molecule has 0 spiro atoms. The quantitative estimate of drug-likeness (QED) is 0.808. The lowest BCUT2D eigenvalue weighted by molar-refractivity contribution is -0.164. The van der Waals surface area contributed by atoms with Crippen molar-refractivity contribution in [2.45, 2.75) is 12.1 Å². The standard InChI is InChI=1S/C13H9ClF3NO2/c14-11-2-1-3-12-9(11)4-8(5-18-12)10(6-20-7-19)13(15,16)17/h1-5,7,10H,6H2. The van der Waals surface area contributed by atoms with Crippen LogP contribution in [-0.2, 0) is 9.53 Å². The minimum atomic E-state index is -4.54. The fraction of sp³-hybridized carbons (Fsp3) is 0.231. The molecule has 1 atom stereocenters. The number of hydrogen-bond donors (Lipinski definition) is 0. The first kappa shape index (κ1) is 14.6. The third-order valence-corrected chi connectivity index (χ3v) is 3.15. The Balaban J connectivity index is 2.48. The van der Waals surface area contributed by atoms with E-state index < -0.39 is 18.7 Å². The predicted octanol–water partition coefficient (Wildman–Crippen LogP) is 3.71. The van der Waals surface area contributed by atoms with Crippen molar-refractivity contribution in [2.24, 2.45) is 0 Å². The smallest absolute Gasteiger partial charge is 0.399 e. The molecule has 0 amide bonds. The zero-order valence-electron chi connectivity index (χ0n) is 10.0. The molecule has 1 heterocycles. The van der Waals surface area contributed by atoms with Gasteiger partial charge in [-0.05, 0) is 23.8 Å². The van der Waals surface area contributed by atoms with E-state index in [0.29, 0.717) is 15.9 Å². The summed E-state index contributed by atoms with van der Waals surface area (Å²) in [4.78, 5) is 14.1. The van der Waals surface area contributed by atoms with Gasteiger partial charge in [0.25, 0.3) is 6.47 Å². The first-order valence-electron chi connectivity index (χ1n) is 5.59. The fourth-order valence-electron chi connectivity index (χ4n) is 1.83. The molecule has 20 heavy (non-hydrogen) atoms. The molecule has 0 aliphatic rings. The van der Waals surface area contributed by atoms with Crippen molar-refractivity contribution < 1.29 is 22.7 Å². The van der Waals surface area contributed by atoms with E-state index in [1.54, 1.807) is 18.2 Å². The van der Waals surface area contributed by atoms with Gasteiger partial charge in [0.1, 0.15) is 12.5 Å².